The van der Waals surface area contributed by atoms with Gasteiger partial charge in [0.2, 0.25) is 0 Å². The largest absolute Gasteiger partial charge is 0.481 e. The minimum absolute atomic E-state index is 0.117. The second-order valence-corrected chi connectivity index (χ2v) is 5.38. The summed E-state index contributed by atoms with van der Waals surface area (Å²) in [5, 5.41) is 21.8. The van der Waals surface area contributed by atoms with Crippen molar-refractivity contribution >= 4 is 29.2 Å². The second kappa shape index (κ2) is 6.49. The molecule has 21 heavy (non-hydrogen) atoms. The Balaban J connectivity index is 2.91. The molecule has 9 heteroatoms. The van der Waals surface area contributed by atoms with Crippen molar-refractivity contribution in [2.45, 2.75) is 32.2 Å². The quantitative estimate of drug-likeness (QED) is 0.470. The molecule has 0 unspecified atom stereocenters. The highest BCUT2D eigenvalue weighted by Crippen LogP contribution is 2.20. The fourth-order valence-corrected chi connectivity index (χ4v) is 1.74. The molecule has 0 radical (unpaired) electrons. The van der Waals surface area contributed by atoms with E-state index in [1.54, 1.807) is 13.8 Å². The molecule has 1 amide bonds. The van der Waals surface area contributed by atoms with E-state index in [-0.39, 0.29) is 29.2 Å². The van der Waals surface area contributed by atoms with Crippen molar-refractivity contribution in [1.82, 2.24) is 10.3 Å². The number of rotatable bonds is 6. The van der Waals surface area contributed by atoms with E-state index in [0.29, 0.717) is 0 Å². The van der Waals surface area contributed by atoms with E-state index in [2.05, 4.69) is 10.3 Å². The van der Waals surface area contributed by atoms with E-state index in [4.69, 9.17) is 16.7 Å². The molecule has 1 rings (SSSR count). The summed E-state index contributed by atoms with van der Waals surface area (Å²) in [7, 11) is 0. The Morgan fingerprint density at radius 1 is 1.52 bits per heavy atom. The molecule has 0 aliphatic carbocycles. The number of carbonyl (C=O) groups excluding carboxylic acids is 1. The van der Waals surface area contributed by atoms with E-state index < -0.39 is 22.3 Å². The predicted octanol–water partition coefficient (Wildman–Crippen LogP) is 2.02. The van der Waals surface area contributed by atoms with Gasteiger partial charge in [0.25, 0.3) is 11.6 Å². The molecule has 0 bridgehead atoms. The van der Waals surface area contributed by atoms with Crippen LogP contribution in [0.2, 0.25) is 5.15 Å². The number of halogens is 1. The van der Waals surface area contributed by atoms with Gasteiger partial charge >= 0.3 is 5.97 Å². The minimum atomic E-state index is -0.979. The number of nitro groups is 1. The maximum absolute atomic E-state index is 12.1. The molecule has 0 spiro atoms. The zero-order valence-corrected chi connectivity index (χ0v) is 12.2. The van der Waals surface area contributed by atoms with Crippen LogP contribution in [0.25, 0.3) is 0 Å². The normalized spacial score (nSPS) is 11.0. The Bertz CT molecular complexity index is 588. The Morgan fingerprint density at radius 3 is 2.67 bits per heavy atom. The minimum Gasteiger partial charge on any atom is -0.481 e. The molecule has 0 saturated carbocycles. The zero-order chi connectivity index (χ0) is 16.2. The van der Waals surface area contributed by atoms with Crippen LogP contribution in [0.1, 0.15) is 37.0 Å². The molecule has 8 nitrogen and oxygen atoms in total. The third-order valence-electron chi connectivity index (χ3n) is 2.70. The van der Waals surface area contributed by atoms with Crippen LogP contribution in [0.5, 0.6) is 0 Å². The highest BCUT2D eigenvalue weighted by atomic mass is 35.5. The van der Waals surface area contributed by atoms with E-state index in [9.17, 15) is 19.7 Å². The van der Waals surface area contributed by atoms with Crippen molar-refractivity contribution in [3.8, 4) is 0 Å². The first kappa shape index (κ1) is 16.8. The molecule has 1 heterocycles. The van der Waals surface area contributed by atoms with Gasteiger partial charge in [0.1, 0.15) is 11.3 Å². The molecule has 0 aliphatic rings. The maximum Gasteiger partial charge on any atom is 0.303 e. The SMILES string of the molecule is CC(C)(CCC(=O)O)NC(=O)c1cc([N+](=O)[O-])cnc1Cl. The smallest absolute Gasteiger partial charge is 0.303 e. The summed E-state index contributed by atoms with van der Waals surface area (Å²) in [6.07, 6.45) is 1.04. The van der Waals surface area contributed by atoms with Gasteiger partial charge in [0.15, 0.2) is 0 Å². The molecule has 0 aromatic carbocycles. The fourth-order valence-electron chi connectivity index (χ4n) is 1.55. The van der Waals surface area contributed by atoms with Crippen molar-refractivity contribution in [3.05, 3.63) is 33.1 Å². The Labute approximate surface area is 125 Å². The Hall–Kier alpha value is -2.22. The summed E-state index contributed by atoms with van der Waals surface area (Å²) in [6.45, 7) is 3.29. The van der Waals surface area contributed by atoms with Gasteiger partial charge in [-0.15, -0.1) is 0 Å². The topological polar surface area (TPSA) is 122 Å². The molecule has 0 fully saturated rings. The lowest BCUT2D eigenvalue weighted by Gasteiger charge is -2.25. The van der Waals surface area contributed by atoms with Gasteiger partial charge in [-0.05, 0) is 20.3 Å². The van der Waals surface area contributed by atoms with Crippen LogP contribution in [-0.4, -0.2) is 32.4 Å². The summed E-state index contributed by atoms with van der Waals surface area (Å²) in [4.78, 5) is 36.2. The average molecular weight is 316 g/mol. The molecule has 0 saturated heterocycles. The number of aliphatic carboxylic acids is 1. The van der Waals surface area contributed by atoms with Crippen LogP contribution in [-0.2, 0) is 4.79 Å². The Kier molecular flexibility index (Phi) is 5.20. The number of hydrogen-bond acceptors (Lipinski definition) is 5. The van der Waals surface area contributed by atoms with E-state index in [1.165, 1.54) is 0 Å². The summed E-state index contributed by atoms with van der Waals surface area (Å²) in [5.41, 5.74) is -1.29. The fraction of sp³-hybridized carbons (Fsp3) is 0.417. The van der Waals surface area contributed by atoms with Gasteiger partial charge < -0.3 is 10.4 Å². The van der Waals surface area contributed by atoms with Crippen LogP contribution in [0.3, 0.4) is 0 Å². The second-order valence-electron chi connectivity index (χ2n) is 5.02. The van der Waals surface area contributed by atoms with Crippen LogP contribution < -0.4 is 5.32 Å². The number of hydrogen-bond donors (Lipinski definition) is 2. The molecular weight excluding hydrogens is 302 g/mol. The van der Waals surface area contributed by atoms with E-state index >= 15 is 0 Å². The molecular formula is C12H14ClN3O5. The summed E-state index contributed by atoms with van der Waals surface area (Å²) >= 11 is 5.76. The molecule has 0 aliphatic heterocycles. The van der Waals surface area contributed by atoms with Gasteiger partial charge in [0, 0.05) is 18.0 Å². The number of aromatic nitrogens is 1. The highest BCUT2D eigenvalue weighted by molar-refractivity contribution is 6.32. The number of carbonyl (C=O) groups is 2. The van der Waals surface area contributed by atoms with Crippen molar-refractivity contribution in [2.75, 3.05) is 0 Å². The van der Waals surface area contributed by atoms with Gasteiger partial charge in [-0.1, -0.05) is 11.6 Å². The van der Waals surface area contributed by atoms with Gasteiger partial charge in [-0.3, -0.25) is 19.7 Å². The lowest BCUT2D eigenvalue weighted by atomic mass is 9.98. The summed E-state index contributed by atoms with van der Waals surface area (Å²) < 4.78 is 0. The average Bonchev–Trinajstić information content (AvgIpc) is 2.36. The number of nitrogens with zero attached hydrogens (tertiary/aromatic N) is 2. The van der Waals surface area contributed by atoms with Crippen LogP contribution in [0.4, 0.5) is 5.69 Å². The third kappa shape index (κ3) is 4.99. The van der Waals surface area contributed by atoms with Crippen molar-refractivity contribution in [3.63, 3.8) is 0 Å². The number of amides is 1. The number of carboxylic acid groups (broad SMARTS) is 1. The van der Waals surface area contributed by atoms with Crippen molar-refractivity contribution in [2.24, 2.45) is 0 Å². The van der Waals surface area contributed by atoms with Gasteiger partial charge in [-0.2, -0.15) is 0 Å². The van der Waals surface area contributed by atoms with E-state index in [0.717, 1.165) is 12.3 Å². The zero-order valence-electron chi connectivity index (χ0n) is 11.4. The molecule has 2 N–H and O–H groups in total. The predicted molar refractivity (Wildman–Crippen MR) is 74.3 cm³/mol. The monoisotopic (exact) mass is 315 g/mol. The van der Waals surface area contributed by atoms with Gasteiger partial charge in [-0.25, -0.2) is 4.98 Å². The first-order chi connectivity index (χ1) is 9.62. The molecule has 1 aromatic rings. The standard InChI is InChI=1S/C12H14ClN3O5/c1-12(2,4-3-9(17)18)15-11(19)8-5-7(16(20)21)6-14-10(8)13/h5-6H,3-4H2,1-2H3,(H,15,19)(H,17,18). The summed E-state index contributed by atoms with van der Waals surface area (Å²) in [5.74, 6) is -1.63. The first-order valence-electron chi connectivity index (χ1n) is 5.96. The molecule has 1 aromatic heterocycles. The number of pyridine rings is 1. The van der Waals surface area contributed by atoms with Crippen molar-refractivity contribution < 1.29 is 19.6 Å². The highest BCUT2D eigenvalue weighted by Gasteiger charge is 2.25. The first-order valence-corrected chi connectivity index (χ1v) is 6.34. The third-order valence-corrected chi connectivity index (χ3v) is 3.00. The lowest BCUT2D eigenvalue weighted by molar-refractivity contribution is -0.385. The van der Waals surface area contributed by atoms with E-state index in [1.807, 2.05) is 0 Å². The van der Waals surface area contributed by atoms with Crippen LogP contribution in [0, 0.1) is 10.1 Å². The molecule has 114 valence electrons. The molecule has 0 atom stereocenters. The van der Waals surface area contributed by atoms with Crippen LogP contribution >= 0.6 is 11.6 Å². The Morgan fingerprint density at radius 2 is 2.14 bits per heavy atom. The summed E-state index contributed by atoms with van der Waals surface area (Å²) in [6, 6.07) is 1.03. The van der Waals surface area contributed by atoms with Gasteiger partial charge in [0.05, 0.1) is 10.5 Å². The maximum atomic E-state index is 12.1. The number of nitrogens with one attached hydrogen (secondary N) is 1. The van der Waals surface area contributed by atoms with Crippen molar-refractivity contribution in [1.29, 1.82) is 0 Å². The lowest BCUT2D eigenvalue weighted by Crippen LogP contribution is -2.43. The van der Waals surface area contributed by atoms with Crippen LogP contribution in [0.15, 0.2) is 12.3 Å². The number of carboxylic acids is 1.